The summed E-state index contributed by atoms with van der Waals surface area (Å²) in [4.78, 5) is 15.4. The van der Waals surface area contributed by atoms with Crippen molar-refractivity contribution in [1.29, 1.82) is 0 Å². The minimum absolute atomic E-state index is 0.138. The van der Waals surface area contributed by atoms with Crippen molar-refractivity contribution in [1.82, 2.24) is 10.2 Å². The number of benzene rings is 3. The summed E-state index contributed by atoms with van der Waals surface area (Å²) in [5, 5.41) is 2.86. The Morgan fingerprint density at radius 2 is 1.50 bits per heavy atom. The number of anilines is 1. The van der Waals surface area contributed by atoms with Gasteiger partial charge < -0.3 is 5.32 Å². The van der Waals surface area contributed by atoms with E-state index in [4.69, 9.17) is 0 Å². The van der Waals surface area contributed by atoms with E-state index in [1.807, 2.05) is 12.1 Å². The third kappa shape index (κ3) is 6.25. The fraction of sp³-hybridized carbons (Fsp3) is 0.269. The zero-order valence-corrected chi connectivity index (χ0v) is 21.3. The summed E-state index contributed by atoms with van der Waals surface area (Å²) in [6.07, 6.45) is 2.53. The molecule has 3 aromatic rings. The van der Waals surface area contributed by atoms with Crippen LogP contribution in [0.2, 0.25) is 0 Å². The van der Waals surface area contributed by atoms with Gasteiger partial charge in [-0.05, 0) is 73.5 Å². The van der Waals surface area contributed by atoms with Gasteiger partial charge in [0.15, 0.2) is 0 Å². The fourth-order valence-electron chi connectivity index (χ4n) is 3.99. The smallest absolute Gasteiger partial charge is 0.264 e. The zero-order valence-electron chi connectivity index (χ0n) is 18.9. The fourth-order valence-corrected chi connectivity index (χ4v) is 5.70. The van der Waals surface area contributed by atoms with Gasteiger partial charge in [0.1, 0.15) is 6.54 Å². The predicted octanol–water partition coefficient (Wildman–Crippen LogP) is 4.56. The number of hydrogen-bond donors (Lipinski definition) is 1. The maximum Gasteiger partial charge on any atom is 0.264 e. The van der Waals surface area contributed by atoms with Crippen LogP contribution in [0.15, 0.2) is 88.2 Å². The first-order chi connectivity index (χ1) is 16.4. The molecular weight excluding hydrogens is 514 g/mol. The monoisotopic (exact) mass is 541 g/mol. The van der Waals surface area contributed by atoms with Crippen LogP contribution in [0.25, 0.3) is 0 Å². The average molecular weight is 542 g/mol. The summed E-state index contributed by atoms with van der Waals surface area (Å²) >= 11 is 3.37. The van der Waals surface area contributed by atoms with E-state index in [2.05, 4.69) is 38.3 Å². The quantitative estimate of drug-likeness (QED) is 0.431. The van der Waals surface area contributed by atoms with E-state index in [0.717, 1.165) is 34.0 Å². The number of hydrogen-bond acceptors (Lipinski definition) is 4. The Morgan fingerprint density at radius 3 is 2.15 bits per heavy atom. The standard InChI is InChI=1S/C26H28BrN3O3S/c27-23-12-14-24(15-13-23)30(34(32,33)25-6-2-1-3-7-25)20-26(31)28-18-21-8-10-22(11-9-21)19-29-16-4-5-17-29/h1-3,6-15H,4-5,16-20H2,(H,28,31). The van der Waals surface area contributed by atoms with Crippen molar-refractivity contribution < 1.29 is 13.2 Å². The summed E-state index contributed by atoms with van der Waals surface area (Å²) in [5.41, 5.74) is 2.65. The molecule has 0 radical (unpaired) electrons. The van der Waals surface area contributed by atoms with Crippen LogP contribution in [0, 0.1) is 0 Å². The second-order valence-electron chi connectivity index (χ2n) is 8.38. The topological polar surface area (TPSA) is 69.7 Å². The Bertz CT molecular complexity index is 1190. The van der Waals surface area contributed by atoms with Gasteiger partial charge in [-0.2, -0.15) is 0 Å². The third-order valence-electron chi connectivity index (χ3n) is 5.85. The van der Waals surface area contributed by atoms with Gasteiger partial charge in [-0.15, -0.1) is 0 Å². The first kappa shape index (κ1) is 24.4. The van der Waals surface area contributed by atoms with Crippen molar-refractivity contribution in [3.63, 3.8) is 0 Å². The molecule has 4 rings (SSSR count). The molecule has 1 saturated heterocycles. The second kappa shape index (κ2) is 11.2. The van der Waals surface area contributed by atoms with E-state index in [-0.39, 0.29) is 17.3 Å². The molecule has 0 aromatic heterocycles. The summed E-state index contributed by atoms with van der Waals surface area (Å²) in [7, 11) is -3.91. The predicted molar refractivity (Wildman–Crippen MR) is 138 cm³/mol. The lowest BCUT2D eigenvalue weighted by atomic mass is 10.1. The van der Waals surface area contributed by atoms with Crippen molar-refractivity contribution in [2.45, 2.75) is 30.8 Å². The number of carbonyl (C=O) groups is 1. The molecule has 0 spiro atoms. The van der Waals surface area contributed by atoms with Crippen LogP contribution in [0.4, 0.5) is 5.69 Å². The minimum Gasteiger partial charge on any atom is -0.350 e. The second-order valence-corrected chi connectivity index (χ2v) is 11.2. The molecule has 0 unspecified atom stereocenters. The van der Waals surface area contributed by atoms with Gasteiger partial charge in [0.2, 0.25) is 5.91 Å². The molecule has 0 saturated carbocycles. The Morgan fingerprint density at radius 1 is 0.882 bits per heavy atom. The van der Waals surface area contributed by atoms with Crippen LogP contribution in [-0.2, 0) is 27.9 Å². The van der Waals surface area contributed by atoms with Gasteiger partial charge in [0, 0.05) is 17.6 Å². The molecule has 0 aliphatic carbocycles. The molecule has 1 N–H and O–H groups in total. The van der Waals surface area contributed by atoms with E-state index in [1.165, 1.54) is 30.5 Å². The SMILES string of the molecule is O=C(CN(c1ccc(Br)cc1)S(=O)(=O)c1ccccc1)NCc1ccc(CN2CCCC2)cc1. The molecule has 0 bridgehead atoms. The molecule has 0 atom stereocenters. The number of halogens is 1. The Labute approximate surface area is 209 Å². The first-order valence-electron chi connectivity index (χ1n) is 11.3. The van der Waals surface area contributed by atoms with Gasteiger partial charge >= 0.3 is 0 Å². The van der Waals surface area contributed by atoms with Crippen molar-refractivity contribution in [2.24, 2.45) is 0 Å². The molecular formula is C26H28BrN3O3S. The average Bonchev–Trinajstić information content (AvgIpc) is 3.36. The van der Waals surface area contributed by atoms with Crippen molar-refractivity contribution in [2.75, 3.05) is 23.9 Å². The molecule has 6 nitrogen and oxygen atoms in total. The molecule has 1 amide bonds. The van der Waals surface area contributed by atoms with Gasteiger partial charge in [0.05, 0.1) is 10.6 Å². The molecule has 1 aliphatic heterocycles. The van der Waals surface area contributed by atoms with Crippen LogP contribution in [0.5, 0.6) is 0 Å². The van der Waals surface area contributed by atoms with Crippen LogP contribution in [0.3, 0.4) is 0 Å². The van der Waals surface area contributed by atoms with Crippen molar-refractivity contribution in [3.8, 4) is 0 Å². The summed E-state index contributed by atoms with van der Waals surface area (Å²) in [5.74, 6) is -0.372. The first-order valence-corrected chi connectivity index (χ1v) is 13.6. The molecule has 34 heavy (non-hydrogen) atoms. The molecule has 178 valence electrons. The Hall–Kier alpha value is -2.68. The van der Waals surface area contributed by atoms with Crippen LogP contribution < -0.4 is 9.62 Å². The van der Waals surface area contributed by atoms with E-state index in [9.17, 15) is 13.2 Å². The van der Waals surface area contributed by atoms with E-state index < -0.39 is 10.0 Å². The van der Waals surface area contributed by atoms with Crippen LogP contribution in [0.1, 0.15) is 24.0 Å². The summed E-state index contributed by atoms with van der Waals surface area (Å²) in [6.45, 7) is 3.28. The minimum atomic E-state index is -3.91. The Balaban J connectivity index is 1.43. The number of rotatable bonds is 9. The normalized spacial score (nSPS) is 14.1. The maximum absolute atomic E-state index is 13.3. The number of carbonyl (C=O) groups excluding carboxylic acids is 1. The van der Waals surface area contributed by atoms with Crippen molar-refractivity contribution in [3.05, 3.63) is 94.5 Å². The summed E-state index contributed by atoms with van der Waals surface area (Å²) in [6, 6.07) is 23.2. The molecule has 1 aliphatic rings. The third-order valence-corrected chi connectivity index (χ3v) is 8.17. The summed E-state index contributed by atoms with van der Waals surface area (Å²) < 4.78 is 28.6. The lowest BCUT2D eigenvalue weighted by Gasteiger charge is -2.24. The number of sulfonamides is 1. The van der Waals surface area contributed by atoms with Crippen LogP contribution in [-0.4, -0.2) is 38.9 Å². The van der Waals surface area contributed by atoms with E-state index >= 15 is 0 Å². The van der Waals surface area contributed by atoms with Gasteiger partial charge in [-0.25, -0.2) is 8.42 Å². The Kier molecular flexibility index (Phi) is 8.03. The van der Waals surface area contributed by atoms with Crippen LogP contribution >= 0.6 is 15.9 Å². The lowest BCUT2D eigenvalue weighted by molar-refractivity contribution is -0.119. The number of nitrogens with one attached hydrogen (secondary N) is 1. The molecule has 1 fully saturated rings. The van der Waals surface area contributed by atoms with E-state index in [1.54, 1.807) is 42.5 Å². The van der Waals surface area contributed by atoms with Crippen molar-refractivity contribution >= 4 is 37.5 Å². The zero-order chi connectivity index (χ0) is 24.0. The number of nitrogens with zero attached hydrogens (tertiary/aromatic N) is 2. The molecule has 3 aromatic carbocycles. The van der Waals surface area contributed by atoms with Gasteiger partial charge in [-0.3, -0.25) is 14.0 Å². The highest BCUT2D eigenvalue weighted by Crippen LogP contribution is 2.25. The molecule has 1 heterocycles. The molecule has 8 heteroatoms. The lowest BCUT2D eigenvalue weighted by Crippen LogP contribution is -2.40. The number of likely N-dealkylation sites (tertiary alicyclic amines) is 1. The van der Waals surface area contributed by atoms with Gasteiger partial charge in [-0.1, -0.05) is 58.4 Å². The van der Waals surface area contributed by atoms with Gasteiger partial charge in [0.25, 0.3) is 10.0 Å². The highest BCUT2D eigenvalue weighted by atomic mass is 79.9. The highest BCUT2D eigenvalue weighted by Gasteiger charge is 2.27. The number of amides is 1. The highest BCUT2D eigenvalue weighted by molar-refractivity contribution is 9.10. The maximum atomic E-state index is 13.3. The van der Waals surface area contributed by atoms with E-state index in [0.29, 0.717) is 12.2 Å². The largest absolute Gasteiger partial charge is 0.350 e.